The first-order chi connectivity index (χ1) is 15.7. The van der Waals surface area contributed by atoms with Gasteiger partial charge in [0.1, 0.15) is 27.0 Å². The van der Waals surface area contributed by atoms with E-state index >= 15 is 0 Å². The minimum Gasteiger partial charge on any atom is -0.365 e. The van der Waals surface area contributed by atoms with E-state index < -0.39 is 21.6 Å². The number of primary amides is 1. The first-order valence-corrected chi connectivity index (χ1v) is 12.7. The van der Waals surface area contributed by atoms with Gasteiger partial charge in [-0.15, -0.1) is 0 Å². The summed E-state index contributed by atoms with van der Waals surface area (Å²) in [6.07, 6.45) is 7.73. The Kier molecular flexibility index (Phi) is 6.56. The van der Waals surface area contributed by atoms with Crippen LogP contribution in [0.1, 0.15) is 40.5 Å². The maximum absolute atomic E-state index is 14.2. The number of halogens is 1. The number of nitrogens with zero attached hydrogens (tertiary/aromatic N) is 5. The Morgan fingerprint density at radius 3 is 2.91 bits per heavy atom. The number of rotatable bonds is 9. The fourth-order valence-corrected chi connectivity index (χ4v) is 4.64. The summed E-state index contributed by atoms with van der Waals surface area (Å²) in [6, 6.07) is 3.19. The Morgan fingerprint density at radius 2 is 2.15 bits per heavy atom. The largest absolute Gasteiger partial charge is 0.365 e. The van der Waals surface area contributed by atoms with Crippen molar-refractivity contribution in [3.8, 4) is 0 Å². The summed E-state index contributed by atoms with van der Waals surface area (Å²) in [5.74, 6) is -0.314. The second kappa shape index (κ2) is 9.40. The van der Waals surface area contributed by atoms with E-state index in [1.165, 1.54) is 29.2 Å². The number of anilines is 1. The van der Waals surface area contributed by atoms with E-state index in [1.807, 2.05) is 6.07 Å². The Labute approximate surface area is 190 Å². The average Bonchev–Trinajstić information content (AvgIpc) is 3.40. The lowest BCUT2D eigenvalue weighted by Crippen LogP contribution is -2.27. The first kappa shape index (κ1) is 23.1. The monoisotopic (exact) mass is 475 g/mol. The molecule has 3 aromatic rings. The predicted molar refractivity (Wildman–Crippen MR) is 121 cm³/mol. The predicted octanol–water partition coefficient (Wildman–Crippen LogP) is 0.880. The highest BCUT2D eigenvalue weighted by Crippen LogP contribution is 2.37. The molecule has 1 aliphatic rings. The fraction of sp³-hybridized carbons (Fsp3) is 0.429. The van der Waals surface area contributed by atoms with E-state index in [0.29, 0.717) is 31.0 Å². The smallest absolute Gasteiger partial charge is 0.254 e. The quantitative estimate of drug-likeness (QED) is 0.436. The lowest BCUT2D eigenvalue weighted by atomic mass is 10.0. The SMILES string of the molecule is CS(=O)(=O)CCNCCc1ncc(F)cc1[C@H]1CCCN1c1ccn2ncc(C(N)=O)c2n1. The minimum absolute atomic E-state index is 0.0587. The Morgan fingerprint density at radius 1 is 1.33 bits per heavy atom. The van der Waals surface area contributed by atoms with Crippen LogP contribution in [0, 0.1) is 5.82 Å². The van der Waals surface area contributed by atoms with Crippen LogP contribution < -0.4 is 16.0 Å². The molecular formula is C21H26FN7O3S. The third-order valence-corrected chi connectivity index (χ3v) is 6.63. The molecule has 176 valence electrons. The summed E-state index contributed by atoms with van der Waals surface area (Å²) >= 11 is 0. The summed E-state index contributed by atoms with van der Waals surface area (Å²) in [5.41, 5.74) is 7.58. The molecule has 0 unspecified atom stereocenters. The van der Waals surface area contributed by atoms with Crippen molar-refractivity contribution in [2.45, 2.75) is 25.3 Å². The molecule has 0 aromatic carbocycles. The molecule has 10 nitrogen and oxygen atoms in total. The van der Waals surface area contributed by atoms with Crippen molar-refractivity contribution in [1.29, 1.82) is 0 Å². The third kappa shape index (κ3) is 5.28. The summed E-state index contributed by atoms with van der Waals surface area (Å²) in [5, 5.41) is 7.21. The van der Waals surface area contributed by atoms with Crippen LogP contribution in [0.3, 0.4) is 0 Å². The second-order valence-corrected chi connectivity index (χ2v) is 10.4. The lowest BCUT2D eigenvalue weighted by molar-refractivity contribution is 0.100. The fourth-order valence-electron chi connectivity index (χ4n) is 4.13. The first-order valence-electron chi connectivity index (χ1n) is 10.7. The van der Waals surface area contributed by atoms with Gasteiger partial charge in [-0.1, -0.05) is 0 Å². The molecule has 1 fully saturated rings. The molecule has 0 radical (unpaired) electrons. The molecule has 1 atom stereocenters. The molecule has 0 saturated carbocycles. The standard InChI is InChI=1S/C21H26FN7O3S/c1-33(31,32)10-7-24-6-4-17-15(11-14(22)12-25-17)18-3-2-8-28(18)19-5-9-29-21(27-19)16(13-26-29)20(23)30/h5,9,11-13,18,24H,2-4,6-8,10H2,1H3,(H2,23,30)/t18-/m1/s1. The van der Waals surface area contributed by atoms with E-state index in [9.17, 15) is 17.6 Å². The highest BCUT2D eigenvalue weighted by molar-refractivity contribution is 7.90. The third-order valence-electron chi connectivity index (χ3n) is 5.68. The number of amides is 1. The molecule has 0 aliphatic carbocycles. The molecule has 3 aromatic heterocycles. The molecule has 1 saturated heterocycles. The molecule has 4 heterocycles. The van der Waals surface area contributed by atoms with E-state index in [0.717, 1.165) is 30.6 Å². The van der Waals surface area contributed by atoms with Gasteiger partial charge in [0.05, 0.1) is 24.2 Å². The number of carbonyl (C=O) groups excluding carboxylic acids is 1. The summed E-state index contributed by atoms with van der Waals surface area (Å²) in [7, 11) is -3.03. The van der Waals surface area contributed by atoms with Crippen LogP contribution in [0.4, 0.5) is 10.2 Å². The Bertz CT molecular complexity index is 1280. The number of sulfone groups is 1. The zero-order chi connectivity index (χ0) is 23.6. The van der Waals surface area contributed by atoms with Gasteiger partial charge in [0.15, 0.2) is 5.65 Å². The maximum Gasteiger partial charge on any atom is 0.254 e. The Hall–Kier alpha value is -3.12. The van der Waals surface area contributed by atoms with Gasteiger partial charge in [0.2, 0.25) is 0 Å². The molecule has 33 heavy (non-hydrogen) atoms. The van der Waals surface area contributed by atoms with Gasteiger partial charge in [-0.3, -0.25) is 9.78 Å². The number of hydrogen-bond donors (Lipinski definition) is 2. The van der Waals surface area contributed by atoms with Gasteiger partial charge in [-0.05, 0) is 30.5 Å². The molecule has 0 spiro atoms. The molecule has 12 heteroatoms. The van der Waals surface area contributed by atoms with Gasteiger partial charge in [-0.2, -0.15) is 5.10 Å². The van der Waals surface area contributed by atoms with E-state index in [-0.39, 0.29) is 17.4 Å². The van der Waals surface area contributed by atoms with Crippen molar-refractivity contribution in [3.05, 3.63) is 53.4 Å². The van der Waals surface area contributed by atoms with Crippen LogP contribution in [-0.4, -0.2) is 65.5 Å². The number of fused-ring (bicyclic) bond motifs is 1. The van der Waals surface area contributed by atoms with Crippen LogP contribution in [0.15, 0.2) is 30.7 Å². The van der Waals surface area contributed by atoms with Gasteiger partial charge in [-0.25, -0.2) is 22.3 Å². The number of carbonyl (C=O) groups is 1. The van der Waals surface area contributed by atoms with Crippen LogP contribution in [0.2, 0.25) is 0 Å². The number of nitrogens with one attached hydrogen (secondary N) is 1. The van der Waals surface area contributed by atoms with E-state index in [1.54, 1.807) is 6.20 Å². The summed E-state index contributed by atoms with van der Waals surface area (Å²) < 4.78 is 38.2. The van der Waals surface area contributed by atoms with Crippen molar-refractivity contribution in [2.24, 2.45) is 5.73 Å². The molecule has 3 N–H and O–H groups in total. The van der Waals surface area contributed by atoms with Gasteiger partial charge in [0, 0.05) is 44.2 Å². The van der Waals surface area contributed by atoms with Crippen molar-refractivity contribution < 1.29 is 17.6 Å². The molecular weight excluding hydrogens is 449 g/mol. The van der Waals surface area contributed by atoms with Crippen LogP contribution in [0.25, 0.3) is 5.65 Å². The number of nitrogens with two attached hydrogens (primary N) is 1. The van der Waals surface area contributed by atoms with E-state index in [4.69, 9.17) is 5.73 Å². The molecule has 4 rings (SSSR count). The maximum atomic E-state index is 14.2. The molecule has 0 bridgehead atoms. The normalized spacial score (nSPS) is 16.5. The highest BCUT2D eigenvalue weighted by Gasteiger charge is 2.30. The zero-order valence-corrected chi connectivity index (χ0v) is 19.1. The average molecular weight is 476 g/mol. The zero-order valence-electron chi connectivity index (χ0n) is 18.2. The highest BCUT2D eigenvalue weighted by atomic mass is 32.2. The summed E-state index contributed by atoms with van der Waals surface area (Å²) in [4.78, 5) is 22.7. The summed E-state index contributed by atoms with van der Waals surface area (Å²) in [6.45, 7) is 1.59. The van der Waals surface area contributed by atoms with Crippen LogP contribution >= 0.6 is 0 Å². The molecule has 1 amide bonds. The van der Waals surface area contributed by atoms with E-state index in [2.05, 4.69) is 25.3 Å². The minimum atomic E-state index is -3.03. The van der Waals surface area contributed by atoms with Crippen molar-refractivity contribution in [3.63, 3.8) is 0 Å². The number of aromatic nitrogens is 4. The second-order valence-electron chi connectivity index (χ2n) is 8.15. The number of pyridine rings is 1. The topological polar surface area (TPSA) is 136 Å². The van der Waals surface area contributed by atoms with Gasteiger partial charge >= 0.3 is 0 Å². The number of hydrogen-bond acceptors (Lipinski definition) is 8. The van der Waals surface area contributed by atoms with Gasteiger partial charge < -0.3 is 16.0 Å². The van der Waals surface area contributed by atoms with Crippen LogP contribution in [-0.2, 0) is 16.3 Å². The lowest BCUT2D eigenvalue weighted by Gasteiger charge is -2.27. The van der Waals surface area contributed by atoms with Gasteiger partial charge in [0.25, 0.3) is 5.91 Å². The Balaban J connectivity index is 1.57. The molecule has 1 aliphatic heterocycles. The van der Waals surface area contributed by atoms with Crippen molar-refractivity contribution in [2.75, 3.05) is 36.5 Å². The van der Waals surface area contributed by atoms with Crippen molar-refractivity contribution >= 4 is 27.2 Å². The van der Waals surface area contributed by atoms with Crippen LogP contribution in [0.5, 0.6) is 0 Å². The van der Waals surface area contributed by atoms with Crippen molar-refractivity contribution in [1.82, 2.24) is 24.9 Å².